The maximum Gasteiger partial charge on any atom is 0.410 e. The van der Waals surface area contributed by atoms with E-state index < -0.39 is 0 Å². The van der Waals surface area contributed by atoms with E-state index in [2.05, 4.69) is 16.8 Å². The maximum absolute atomic E-state index is 12.3. The molecule has 0 saturated carbocycles. The summed E-state index contributed by atoms with van der Waals surface area (Å²) in [5.41, 5.74) is -0.270. The molecule has 0 aromatic heterocycles. The molecule has 1 amide bonds. The molecule has 7 nitrogen and oxygen atoms in total. The Balaban J connectivity index is 1.44. The second kappa shape index (κ2) is 8.66. The molecular weight excluding hydrogens is 322 g/mol. The number of rotatable bonds is 7. The van der Waals surface area contributed by atoms with Gasteiger partial charge in [0, 0.05) is 65.3 Å². The van der Waals surface area contributed by atoms with Crippen LogP contribution in [0.5, 0.6) is 0 Å². The van der Waals surface area contributed by atoms with Gasteiger partial charge in [0.05, 0.1) is 19.8 Å². The van der Waals surface area contributed by atoms with Gasteiger partial charge in [0.15, 0.2) is 0 Å². The maximum atomic E-state index is 12.3. The molecule has 1 spiro atoms. The molecule has 0 N–H and O–H groups in total. The van der Waals surface area contributed by atoms with Gasteiger partial charge in [0.25, 0.3) is 0 Å². The van der Waals surface area contributed by atoms with Crippen molar-refractivity contribution in [3.05, 3.63) is 0 Å². The van der Waals surface area contributed by atoms with E-state index in [1.54, 1.807) is 7.11 Å². The van der Waals surface area contributed by atoms with E-state index in [4.69, 9.17) is 14.2 Å². The first kappa shape index (κ1) is 18.9. The Kier molecular flexibility index (Phi) is 6.55. The highest BCUT2D eigenvalue weighted by Gasteiger charge is 2.47. The predicted octanol–water partition coefficient (Wildman–Crippen LogP) is 1.03. The number of likely N-dealkylation sites (tertiary alicyclic amines) is 1. The van der Waals surface area contributed by atoms with Crippen LogP contribution >= 0.6 is 0 Å². The number of likely N-dealkylation sites (N-methyl/N-ethyl adjacent to an activating group) is 1. The van der Waals surface area contributed by atoms with Crippen molar-refractivity contribution in [2.24, 2.45) is 0 Å². The first-order chi connectivity index (χ1) is 12.1. The zero-order valence-electron chi connectivity index (χ0n) is 15.7. The van der Waals surface area contributed by atoms with Gasteiger partial charge in [0.2, 0.25) is 0 Å². The van der Waals surface area contributed by atoms with Gasteiger partial charge < -0.3 is 24.0 Å². The van der Waals surface area contributed by atoms with E-state index in [0.717, 1.165) is 71.7 Å². The standard InChI is InChI=1S/C18H33N3O4/c1-19(11-13-23-2)9-10-21-15-18(25-17(21)22)5-7-20(8-6-18)16-4-3-12-24-14-16/h16H,3-15H2,1-2H3/t16-/m0/s1. The number of hydrogen-bond donors (Lipinski definition) is 0. The van der Waals surface area contributed by atoms with Crippen molar-refractivity contribution in [3.8, 4) is 0 Å². The zero-order chi connectivity index (χ0) is 17.7. The number of carbonyl (C=O) groups excluding carboxylic acids is 1. The Morgan fingerprint density at radius 3 is 2.80 bits per heavy atom. The molecule has 0 aliphatic carbocycles. The number of methoxy groups -OCH3 is 1. The molecule has 3 aliphatic heterocycles. The van der Waals surface area contributed by atoms with Gasteiger partial charge in [-0.05, 0) is 19.9 Å². The highest BCUT2D eigenvalue weighted by Crippen LogP contribution is 2.34. The van der Waals surface area contributed by atoms with Gasteiger partial charge in [-0.1, -0.05) is 0 Å². The molecule has 3 heterocycles. The van der Waals surface area contributed by atoms with Crippen LogP contribution in [0.15, 0.2) is 0 Å². The molecule has 0 aromatic carbocycles. The lowest BCUT2D eigenvalue weighted by Crippen LogP contribution is -2.52. The summed E-state index contributed by atoms with van der Waals surface area (Å²) in [7, 11) is 3.77. The van der Waals surface area contributed by atoms with Crippen LogP contribution < -0.4 is 0 Å². The fourth-order valence-electron chi connectivity index (χ4n) is 4.08. The van der Waals surface area contributed by atoms with Crippen molar-refractivity contribution in [1.29, 1.82) is 0 Å². The van der Waals surface area contributed by atoms with E-state index >= 15 is 0 Å². The van der Waals surface area contributed by atoms with E-state index in [-0.39, 0.29) is 11.7 Å². The second-order valence-electron chi connectivity index (χ2n) is 7.68. The molecule has 25 heavy (non-hydrogen) atoms. The van der Waals surface area contributed by atoms with Gasteiger partial charge in [-0.2, -0.15) is 0 Å². The van der Waals surface area contributed by atoms with Crippen molar-refractivity contribution in [2.45, 2.75) is 37.3 Å². The molecule has 7 heteroatoms. The van der Waals surface area contributed by atoms with Gasteiger partial charge in [-0.3, -0.25) is 4.90 Å². The number of ether oxygens (including phenoxy) is 3. The van der Waals surface area contributed by atoms with Gasteiger partial charge in [-0.15, -0.1) is 0 Å². The Labute approximate surface area is 151 Å². The smallest absolute Gasteiger partial charge is 0.410 e. The van der Waals surface area contributed by atoms with Crippen molar-refractivity contribution >= 4 is 6.09 Å². The highest BCUT2D eigenvalue weighted by molar-refractivity contribution is 5.70. The molecule has 3 aliphatic rings. The number of hydrogen-bond acceptors (Lipinski definition) is 6. The molecule has 3 rings (SSSR count). The Morgan fingerprint density at radius 1 is 1.32 bits per heavy atom. The van der Waals surface area contributed by atoms with Crippen LogP contribution in [-0.4, -0.2) is 106 Å². The predicted molar refractivity (Wildman–Crippen MR) is 94.8 cm³/mol. The Bertz CT molecular complexity index is 434. The summed E-state index contributed by atoms with van der Waals surface area (Å²) in [6, 6.07) is 0.550. The number of nitrogens with zero attached hydrogens (tertiary/aromatic N) is 3. The Morgan fingerprint density at radius 2 is 2.12 bits per heavy atom. The molecule has 144 valence electrons. The van der Waals surface area contributed by atoms with E-state index in [1.807, 2.05) is 4.90 Å². The van der Waals surface area contributed by atoms with Gasteiger partial charge in [-0.25, -0.2) is 4.79 Å². The SMILES string of the molecule is COCCN(C)CCN1CC2(CCN([C@H]3CCCOC3)CC2)OC1=O. The van der Waals surface area contributed by atoms with E-state index in [1.165, 1.54) is 6.42 Å². The lowest BCUT2D eigenvalue weighted by atomic mass is 9.90. The number of piperidine rings is 1. The van der Waals surface area contributed by atoms with Crippen LogP contribution in [0.25, 0.3) is 0 Å². The third kappa shape index (κ3) is 4.84. The molecule has 0 aromatic rings. The second-order valence-corrected chi connectivity index (χ2v) is 7.68. The first-order valence-electron chi connectivity index (χ1n) is 9.59. The third-order valence-corrected chi connectivity index (χ3v) is 5.83. The van der Waals surface area contributed by atoms with Crippen LogP contribution in [0.2, 0.25) is 0 Å². The van der Waals surface area contributed by atoms with Crippen LogP contribution in [0.4, 0.5) is 4.79 Å². The minimum atomic E-state index is -0.270. The summed E-state index contributed by atoms with van der Waals surface area (Å²) < 4.78 is 16.6. The Hall–Kier alpha value is -0.890. The van der Waals surface area contributed by atoms with Crippen LogP contribution in [0.3, 0.4) is 0 Å². The number of amides is 1. The minimum absolute atomic E-state index is 0.144. The molecule has 3 fully saturated rings. The van der Waals surface area contributed by atoms with E-state index in [9.17, 15) is 4.79 Å². The molecule has 3 saturated heterocycles. The normalized spacial score (nSPS) is 27.2. The first-order valence-corrected chi connectivity index (χ1v) is 9.59. The topological polar surface area (TPSA) is 54.5 Å². The van der Waals surface area contributed by atoms with E-state index in [0.29, 0.717) is 12.6 Å². The van der Waals surface area contributed by atoms with Crippen molar-refractivity contribution in [3.63, 3.8) is 0 Å². The summed E-state index contributed by atoms with van der Waals surface area (Å²) in [5.74, 6) is 0. The summed E-state index contributed by atoms with van der Waals surface area (Å²) in [4.78, 5) is 18.9. The van der Waals surface area contributed by atoms with Crippen molar-refractivity contribution in [1.82, 2.24) is 14.7 Å². The molecule has 0 bridgehead atoms. The van der Waals surface area contributed by atoms with Crippen molar-refractivity contribution < 1.29 is 19.0 Å². The quantitative estimate of drug-likeness (QED) is 0.680. The summed E-state index contributed by atoms with van der Waals surface area (Å²) >= 11 is 0. The summed E-state index contributed by atoms with van der Waals surface area (Å²) in [6.07, 6.45) is 4.11. The lowest BCUT2D eigenvalue weighted by molar-refractivity contribution is -0.0389. The lowest BCUT2D eigenvalue weighted by Gasteiger charge is -2.42. The molecule has 0 unspecified atom stereocenters. The monoisotopic (exact) mass is 355 g/mol. The summed E-state index contributed by atoms with van der Waals surface area (Å²) in [6.45, 7) is 7.66. The largest absolute Gasteiger partial charge is 0.441 e. The number of carbonyl (C=O) groups is 1. The van der Waals surface area contributed by atoms with Crippen LogP contribution in [0, 0.1) is 0 Å². The van der Waals surface area contributed by atoms with Gasteiger partial charge >= 0.3 is 6.09 Å². The zero-order valence-corrected chi connectivity index (χ0v) is 15.7. The molecule has 1 atom stereocenters. The highest BCUT2D eigenvalue weighted by atomic mass is 16.6. The average Bonchev–Trinajstić information content (AvgIpc) is 2.94. The van der Waals surface area contributed by atoms with Gasteiger partial charge in [0.1, 0.15) is 5.60 Å². The third-order valence-electron chi connectivity index (χ3n) is 5.83. The molecule has 0 radical (unpaired) electrons. The van der Waals surface area contributed by atoms with Crippen LogP contribution in [-0.2, 0) is 14.2 Å². The minimum Gasteiger partial charge on any atom is -0.441 e. The molecular formula is C18H33N3O4. The summed E-state index contributed by atoms with van der Waals surface area (Å²) in [5, 5.41) is 0. The van der Waals surface area contributed by atoms with Crippen LogP contribution in [0.1, 0.15) is 25.7 Å². The average molecular weight is 355 g/mol. The fourth-order valence-corrected chi connectivity index (χ4v) is 4.08. The fraction of sp³-hybridized carbons (Fsp3) is 0.944. The van der Waals surface area contributed by atoms with Crippen molar-refractivity contribution in [2.75, 3.05) is 73.2 Å².